The molecule has 1 aromatic carbocycles. The third kappa shape index (κ3) is 4.05. The molecule has 2 nitrogen and oxygen atoms in total. The van der Waals surface area contributed by atoms with Crippen molar-refractivity contribution in [3.63, 3.8) is 0 Å². The summed E-state index contributed by atoms with van der Waals surface area (Å²) in [5.74, 6) is 0. The number of nitrogens with one attached hydrogen (secondary N) is 1. The summed E-state index contributed by atoms with van der Waals surface area (Å²) in [5.41, 5.74) is 4.39. The van der Waals surface area contributed by atoms with Crippen molar-refractivity contribution < 1.29 is 0 Å². The van der Waals surface area contributed by atoms with Crippen molar-refractivity contribution in [2.75, 3.05) is 6.54 Å². The number of hydrogen-bond donors (Lipinski definition) is 1. The fourth-order valence-corrected chi connectivity index (χ4v) is 2.46. The lowest BCUT2D eigenvalue weighted by atomic mass is 10.1. The fraction of sp³-hybridized carbons (Fsp3) is 0.389. The maximum absolute atomic E-state index is 6.33. The summed E-state index contributed by atoms with van der Waals surface area (Å²) in [6.07, 6.45) is 3.26. The topological polar surface area (TPSA) is 24.9 Å². The number of pyridine rings is 1. The first-order valence-corrected chi connectivity index (χ1v) is 7.87. The molecule has 2 rings (SSSR count). The number of nitrogens with zero attached hydrogens (tertiary/aromatic N) is 1. The van der Waals surface area contributed by atoms with E-state index in [0.717, 1.165) is 29.4 Å². The molecule has 0 spiro atoms. The number of benzene rings is 1. The summed E-state index contributed by atoms with van der Waals surface area (Å²) in [6.45, 7) is 9.56. The average Bonchev–Trinajstić information content (AvgIpc) is 2.45. The van der Waals surface area contributed by atoms with Crippen LogP contribution in [0.4, 0.5) is 0 Å². The van der Waals surface area contributed by atoms with E-state index in [1.165, 1.54) is 11.1 Å². The van der Waals surface area contributed by atoms with Gasteiger partial charge in [0.05, 0.1) is 5.52 Å². The third-order valence-corrected chi connectivity index (χ3v) is 4.02. The van der Waals surface area contributed by atoms with Gasteiger partial charge in [0.2, 0.25) is 0 Å². The summed E-state index contributed by atoms with van der Waals surface area (Å²) in [6, 6.07) is 8.71. The number of hydrogen-bond acceptors (Lipinski definition) is 2. The zero-order valence-corrected chi connectivity index (χ0v) is 14.0. The van der Waals surface area contributed by atoms with Crippen molar-refractivity contribution in [2.45, 2.75) is 40.2 Å². The predicted molar refractivity (Wildman–Crippen MR) is 92.9 cm³/mol. The highest BCUT2D eigenvalue weighted by Crippen LogP contribution is 2.24. The molecule has 1 unspecified atom stereocenters. The number of aromatic nitrogens is 1. The number of halogens is 1. The Kier molecular flexibility index (Phi) is 5.38. The minimum absolute atomic E-state index is 0.342. The molecular weight excluding hydrogens is 280 g/mol. The molecule has 0 bridgehead atoms. The Morgan fingerprint density at radius 2 is 2.14 bits per heavy atom. The second-order valence-corrected chi connectivity index (χ2v) is 5.99. The van der Waals surface area contributed by atoms with Gasteiger partial charge in [0.1, 0.15) is 5.15 Å². The molecule has 1 N–H and O–H groups in total. The molecule has 0 aliphatic heterocycles. The van der Waals surface area contributed by atoms with Gasteiger partial charge < -0.3 is 5.32 Å². The summed E-state index contributed by atoms with van der Waals surface area (Å²) in [4.78, 5) is 4.51. The van der Waals surface area contributed by atoms with Crippen LogP contribution in [0.15, 0.2) is 29.8 Å². The second-order valence-electron chi connectivity index (χ2n) is 5.63. The molecule has 0 saturated carbocycles. The highest BCUT2D eigenvalue weighted by Gasteiger charge is 2.07. The van der Waals surface area contributed by atoms with Gasteiger partial charge in [0.25, 0.3) is 0 Å². The van der Waals surface area contributed by atoms with Crippen LogP contribution in [0.1, 0.15) is 38.3 Å². The maximum Gasteiger partial charge on any atom is 0.136 e. The van der Waals surface area contributed by atoms with E-state index in [-0.39, 0.29) is 0 Å². The second kappa shape index (κ2) is 7.06. The predicted octanol–water partition coefficient (Wildman–Crippen LogP) is 4.99. The molecule has 1 atom stereocenters. The molecule has 21 heavy (non-hydrogen) atoms. The first-order chi connectivity index (χ1) is 10.0. The Morgan fingerprint density at radius 3 is 2.86 bits per heavy atom. The minimum Gasteiger partial charge on any atom is -0.311 e. The van der Waals surface area contributed by atoms with E-state index >= 15 is 0 Å². The van der Waals surface area contributed by atoms with Crippen molar-refractivity contribution in [1.29, 1.82) is 0 Å². The molecule has 0 amide bonds. The standard InChI is InChI=1S/C18H23ClN2/c1-5-8-20-14(4)13(3)10-16-11-15-7-6-12(2)9-17(15)21-18(16)19/h6-7,9-11,14,20H,5,8H2,1-4H3/b13-10+. The third-order valence-electron chi connectivity index (χ3n) is 3.72. The number of fused-ring (bicyclic) bond motifs is 1. The largest absolute Gasteiger partial charge is 0.311 e. The molecule has 2 aromatic rings. The Morgan fingerprint density at radius 1 is 1.38 bits per heavy atom. The molecule has 1 aromatic heterocycles. The van der Waals surface area contributed by atoms with Crippen LogP contribution < -0.4 is 5.32 Å². The van der Waals surface area contributed by atoms with Crippen molar-refractivity contribution in [3.05, 3.63) is 46.1 Å². The van der Waals surface area contributed by atoms with Gasteiger partial charge in [0, 0.05) is 17.0 Å². The number of aryl methyl sites for hydroxylation is 1. The van der Waals surface area contributed by atoms with Gasteiger partial charge in [-0.25, -0.2) is 4.98 Å². The average molecular weight is 303 g/mol. The summed E-state index contributed by atoms with van der Waals surface area (Å²) in [5, 5.41) is 5.17. The SMILES string of the molecule is CCCNC(C)/C(C)=C/c1cc2ccc(C)cc2nc1Cl. The minimum atomic E-state index is 0.342. The molecule has 0 aliphatic rings. The fourth-order valence-electron chi connectivity index (χ4n) is 2.26. The maximum atomic E-state index is 6.33. The molecular formula is C18H23ClN2. The lowest BCUT2D eigenvalue weighted by Crippen LogP contribution is -2.27. The van der Waals surface area contributed by atoms with Gasteiger partial charge in [-0.05, 0) is 51.4 Å². The van der Waals surface area contributed by atoms with E-state index in [0.29, 0.717) is 11.2 Å². The van der Waals surface area contributed by atoms with Crippen LogP contribution in [0.25, 0.3) is 17.0 Å². The molecule has 1 heterocycles. The highest BCUT2D eigenvalue weighted by molar-refractivity contribution is 6.31. The van der Waals surface area contributed by atoms with Gasteiger partial charge in [-0.2, -0.15) is 0 Å². The van der Waals surface area contributed by atoms with Crippen molar-refractivity contribution in [1.82, 2.24) is 10.3 Å². The van der Waals surface area contributed by atoms with Crippen LogP contribution in [-0.4, -0.2) is 17.6 Å². The lowest BCUT2D eigenvalue weighted by molar-refractivity contribution is 0.604. The first kappa shape index (κ1) is 16.0. The summed E-state index contributed by atoms with van der Waals surface area (Å²) < 4.78 is 0. The van der Waals surface area contributed by atoms with Crippen LogP contribution in [0, 0.1) is 6.92 Å². The van der Waals surface area contributed by atoms with Crippen molar-refractivity contribution in [3.8, 4) is 0 Å². The van der Waals surface area contributed by atoms with E-state index in [1.807, 2.05) is 0 Å². The summed E-state index contributed by atoms with van der Waals surface area (Å²) >= 11 is 6.33. The van der Waals surface area contributed by atoms with Crippen LogP contribution in [0.5, 0.6) is 0 Å². The van der Waals surface area contributed by atoms with Crippen molar-refractivity contribution in [2.24, 2.45) is 0 Å². The van der Waals surface area contributed by atoms with Gasteiger partial charge in [-0.15, -0.1) is 0 Å². The Hall–Kier alpha value is -1.38. The van der Waals surface area contributed by atoms with Crippen LogP contribution >= 0.6 is 11.6 Å². The molecule has 0 radical (unpaired) electrons. The molecule has 0 fully saturated rings. The molecule has 3 heteroatoms. The van der Waals surface area contributed by atoms with Crippen LogP contribution in [0.3, 0.4) is 0 Å². The first-order valence-electron chi connectivity index (χ1n) is 7.49. The van der Waals surface area contributed by atoms with E-state index in [4.69, 9.17) is 11.6 Å². The van der Waals surface area contributed by atoms with Crippen LogP contribution in [0.2, 0.25) is 5.15 Å². The van der Waals surface area contributed by atoms with E-state index in [2.05, 4.69) is 68.3 Å². The van der Waals surface area contributed by atoms with E-state index in [9.17, 15) is 0 Å². The van der Waals surface area contributed by atoms with E-state index < -0.39 is 0 Å². The van der Waals surface area contributed by atoms with Crippen molar-refractivity contribution >= 4 is 28.6 Å². The van der Waals surface area contributed by atoms with Crippen LogP contribution in [-0.2, 0) is 0 Å². The molecule has 112 valence electrons. The Labute approximate surface area is 132 Å². The zero-order chi connectivity index (χ0) is 15.4. The lowest BCUT2D eigenvalue weighted by Gasteiger charge is -2.14. The van der Waals surface area contributed by atoms with Gasteiger partial charge in [-0.1, -0.05) is 42.3 Å². The monoisotopic (exact) mass is 302 g/mol. The zero-order valence-electron chi connectivity index (χ0n) is 13.2. The smallest absolute Gasteiger partial charge is 0.136 e. The van der Waals surface area contributed by atoms with Gasteiger partial charge in [0.15, 0.2) is 0 Å². The van der Waals surface area contributed by atoms with E-state index in [1.54, 1.807) is 0 Å². The van der Waals surface area contributed by atoms with Gasteiger partial charge in [-0.3, -0.25) is 0 Å². The molecule has 0 saturated heterocycles. The Balaban J connectivity index is 2.33. The highest BCUT2D eigenvalue weighted by atomic mass is 35.5. The molecule has 0 aliphatic carbocycles. The van der Waals surface area contributed by atoms with Gasteiger partial charge >= 0.3 is 0 Å². The Bertz CT molecular complexity index is 662. The normalized spacial score (nSPS) is 13.7. The summed E-state index contributed by atoms with van der Waals surface area (Å²) in [7, 11) is 0. The number of rotatable bonds is 5. The quantitative estimate of drug-likeness (QED) is 0.787.